The highest BCUT2D eigenvalue weighted by molar-refractivity contribution is 7.84. The first-order chi connectivity index (χ1) is 11.4. The lowest BCUT2D eigenvalue weighted by Crippen LogP contribution is -2.31. The van der Waals surface area contributed by atoms with Crippen molar-refractivity contribution in [1.82, 2.24) is 9.97 Å². The summed E-state index contributed by atoms with van der Waals surface area (Å²) in [6, 6.07) is 8.68. The topological polar surface area (TPSA) is 78.4 Å². The third-order valence-corrected chi connectivity index (χ3v) is 4.59. The van der Waals surface area contributed by atoms with E-state index in [1.165, 1.54) is 13.4 Å². The van der Waals surface area contributed by atoms with Gasteiger partial charge in [-0.2, -0.15) is 4.98 Å². The SMILES string of the molecule is COC(=O)C1(Oc2cc(-c3ccc(Cl)cc3)nc(S(C)=O)n2)CC1. The standard InChI is InChI=1S/C16H15ClN2O4S/c1-22-14(20)16(7-8-16)23-13-9-12(18-15(19-13)24(2)21)10-3-5-11(17)6-4-10/h3-6,9H,7-8H2,1-2H3. The first-order valence-electron chi connectivity index (χ1n) is 7.19. The molecule has 0 N–H and O–H groups in total. The third-order valence-electron chi connectivity index (χ3n) is 3.64. The molecule has 6 nitrogen and oxygen atoms in total. The van der Waals surface area contributed by atoms with Crippen molar-refractivity contribution >= 4 is 28.4 Å². The van der Waals surface area contributed by atoms with Gasteiger partial charge in [-0.15, -0.1) is 0 Å². The number of hydrogen-bond donors (Lipinski definition) is 0. The second-order valence-electron chi connectivity index (χ2n) is 5.42. The summed E-state index contributed by atoms with van der Waals surface area (Å²) in [5, 5.41) is 0.740. The monoisotopic (exact) mass is 366 g/mol. The number of methoxy groups -OCH3 is 1. The van der Waals surface area contributed by atoms with Gasteiger partial charge in [-0.3, -0.25) is 4.21 Å². The summed E-state index contributed by atoms with van der Waals surface area (Å²) in [5.41, 5.74) is 0.330. The van der Waals surface area contributed by atoms with Crippen molar-refractivity contribution in [2.24, 2.45) is 0 Å². The number of nitrogens with zero attached hydrogens (tertiary/aromatic N) is 2. The van der Waals surface area contributed by atoms with Gasteiger partial charge in [-0.25, -0.2) is 9.78 Å². The molecule has 1 atom stereocenters. The molecular formula is C16H15ClN2O4S. The molecule has 126 valence electrons. The Labute approximate surface area is 146 Å². The molecule has 8 heteroatoms. The molecule has 0 amide bonds. The largest absolute Gasteiger partial charge is 0.466 e. The van der Waals surface area contributed by atoms with E-state index in [9.17, 15) is 9.00 Å². The summed E-state index contributed by atoms with van der Waals surface area (Å²) < 4.78 is 22.4. The molecule has 1 aliphatic carbocycles. The van der Waals surface area contributed by atoms with Crippen LogP contribution in [0.5, 0.6) is 5.88 Å². The van der Waals surface area contributed by atoms with Crippen molar-refractivity contribution in [2.75, 3.05) is 13.4 Å². The van der Waals surface area contributed by atoms with Crippen molar-refractivity contribution in [3.8, 4) is 17.1 Å². The number of carbonyl (C=O) groups excluding carboxylic acids is 1. The summed E-state index contributed by atoms with van der Waals surface area (Å²) in [6.45, 7) is 0. The molecule has 1 unspecified atom stereocenters. The Morgan fingerprint density at radius 1 is 1.25 bits per heavy atom. The van der Waals surface area contributed by atoms with Gasteiger partial charge in [-0.1, -0.05) is 23.7 Å². The van der Waals surface area contributed by atoms with Crippen LogP contribution >= 0.6 is 11.6 Å². The van der Waals surface area contributed by atoms with E-state index in [4.69, 9.17) is 21.1 Å². The van der Waals surface area contributed by atoms with Gasteiger partial charge in [0, 0.05) is 35.7 Å². The van der Waals surface area contributed by atoms with Gasteiger partial charge in [0.1, 0.15) is 0 Å². The van der Waals surface area contributed by atoms with Crippen molar-refractivity contribution < 1.29 is 18.5 Å². The fraction of sp³-hybridized carbons (Fsp3) is 0.312. The van der Waals surface area contributed by atoms with Crippen molar-refractivity contribution in [3.05, 3.63) is 35.4 Å². The van der Waals surface area contributed by atoms with E-state index in [1.54, 1.807) is 30.3 Å². The Hall–Kier alpha value is -1.99. The Kier molecular flexibility index (Phi) is 4.56. The highest BCUT2D eigenvalue weighted by Gasteiger charge is 2.54. The van der Waals surface area contributed by atoms with Crippen molar-refractivity contribution in [3.63, 3.8) is 0 Å². The number of aromatic nitrogens is 2. The minimum absolute atomic E-state index is 0.137. The van der Waals surface area contributed by atoms with E-state index >= 15 is 0 Å². The van der Waals surface area contributed by atoms with Crippen LogP contribution in [0.2, 0.25) is 5.02 Å². The predicted octanol–water partition coefficient (Wildman–Crippen LogP) is 2.62. The molecule has 1 aromatic carbocycles. The normalized spacial score (nSPS) is 16.3. The van der Waals surface area contributed by atoms with Gasteiger partial charge in [0.15, 0.2) is 0 Å². The number of esters is 1. The Morgan fingerprint density at radius 2 is 1.92 bits per heavy atom. The summed E-state index contributed by atoms with van der Waals surface area (Å²) in [6.07, 6.45) is 2.60. The van der Waals surface area contributed by atoms with Crippen LogP contribution in [0.15, 0.2) is 35.5 Å². The number of halogens is 1. The number of ether oxygens (including phenoxy) is 2. The van der Waals surface area contributed by atoms with E-state index in [0.29, 0.717) is 23.6 Å². The van der Waals surface area contributed by atoms with Gasteiger partial charge in [-0.05, 0) is 12.1 Å². The van der Waals surface area contributed by atoms with Gasteiger partial charge in [0.2, 0.25) is 16.6 Å². The van der Waals surface area contributed by atoms with E-state index in [2.05, 4.69) is 9.97 Å². The summed E-state index contributed by atoms with van der Waals surface area (Å²) in [5.74, 6) is -0.239. The van der Waals surface area contributed by atoms with Gasteiger partial charge in [0.05, 0.1) is 23.6 Å². The smallest absolute Gasteiger partial charge is 0.350 e. The fourth-order valence-corrected chi connectivity index (χ4v) is 2.77. The maximum absolute atomic E-state index is 11.8. The van der Waals surface area contributed by atoms with Gasteiger partial charge < -0.3 is 9.47 Å². The summed E-state index contributed by atoms with van der Waals surface area (Å²) in [4.78, 5) is 20.3. The van der Waals surface area contributed by atoms with Crippen LogP contribution in [-0.4, -0.2) is 39.1 Å². The predicted molar refractivity (Wildman–Crippen MR) is 89.4 cm³/mol. The fourth-order valence-electron chi connectivity index (χ4n) is 2.20. The molecule has 0 bridgehead atoms. The maximum Gasteiger partial charge on any atom is 0.350 e. The first-order valence-corrected chi connectivity index (χ1v) is 9.13. The zero-order valence-corrected chi connectivity index (χ0v) is 14.7. The average molecular weight is 367 g/mol. The molecule has 3 rings (SSSR count). The molecule has 1 saturated carbocycles. The Morgan fingerprint density at radius 3 is 2.46 bits per heavy atom. The highest BCUT2D eigenvalue weighted by Crippen LogP contribution is 2.41. The second kappa shape index (κ2) is 6.49. The molecule has 0 radical (unpaired) electrons. The van der Waals surface area contributed by atoms with Crippen LogP contribution < -0.4 is 4.74 Å². The summed E-state index contributed by atoms with van der Waals surface area (Å²) in [7, 11) is -0.0757. The van der Waals surface area contributed by atoms with Crippen LogP contribution in [0.4, 0.5) is 0 Å². The number of benzene rings is 1. The Balaban J connectivity index is 1.99. The van der Waals surface area contributed by atoms with Crippen molar-refractivity contribution in [2.45, 2.75) is 23.6 Å². The lowest BCUT2D eigenvalue weighted by Gasteiger charge is -2.15. The number of hydrogen-bond acceptors (Lipinski definition) is 6. The zero-order valence-electron chi connectivity index (χ0n) is 13.1. The quantitative estimate of drug-likeness (QED) is 0.598. The lowest BCUT2D eigenvalue weighted by molar-refractivity contribution is -0.151. The second-order valence-corrected chi connectivity index (χ2v) is 7.13. The van der Waals surface area contributed by atoms with E-state index < -0.39 is 22.4 Å². The van der Waals surface area contributed by atoms with Crippen LogP contribution in [0, 0.1) is 0 Å². The van der Waals surface area contributed by atoms with Crippen LogP contribution in [-0.2, 0) is 20.3 Å². The summed E-state index contributed by atoms with van der Waals surface area (Å²) >= 11 is 5.90. The van der Waals surface area contributed by atoms with Crippen molar-refractivity contribution in [1.29, 1.82) is 0 Å². The zero-order chi connectivity index (χ0) is 17.3. The maximum atomic E-state index is 11.8. The van der Waals surface area contributed by atoms with E-state index in [1.807, 2.05) is 0 Å². The van der Waals surface area contributed by atoms with Crippen LogP contribution in [0.1, 0.15) is 12.8 Å². The van der Waals surface area contributed by atoms with E-state index in [-0.39, 0.29) is 11.0 Å². The molecular weight excluding hydrogens is 352 g/mol. The minimum atomic E-state index is -1.39. The molecule has 1 aromatic heterocycles. The van der Waals surface area contributed by atoms with Crippen LogP contribution in [0.3, 0.4) is 0 Å². The number of carbonyl (C=O) groups is 1. The lowest BCUT2D eigenvalue weighted by atomic mass is 10.1. The van der Waals surface area contributed by atoms with Gasteiger partial charge >= 0.3 is 5.97 Å². The molecule has 1 fully saturated rings. The molecule has 1 heterocycles. The first kappa shape index (κ1) is 16.9. The highest BCUT2D eigenvalue weighted by atomic mass is 35.5. The molecule has 0 spiro atoms. The van der Waals surface area contributed by atoms with Gasteiger partial charge in [0.25, 0.3) is 0 Å². The average Bonchev–Trinajstić information content (AvgIpc) is 3.35. The molecule has 24 heavy (non-hydrogen) atoms. The third kappa shape index (κ3) is 3.42. The number of rotatable bonds is 5. The molecule has 0 aliphatic heterocycles. The van der Waals surface area contributed by atoms with E-state index in [0.717, 1.165) is 5.56 Å². The molecule has 0 saturated heterocycles. The minimum Gasteiger partial charge on any atom is -0.466 e. The molecule has 1 aliphatic rings. The molecule has 2 aromatic rings. The Bertz CT molecular complexity index is 806. The van der Waals surface area contributed by atoms with Crippen LogP contribution in [0.25, 0.3) is 11.3 Å².